The summed E-state index contributed by atoms with van der Waals surface area (Å²) in [5, 5.41) is 0. The summed E-state index contributed by atoms with van der Waals surface area (Å²) in [5.74, 6) is -0.0235. The number of methoxy groups -OCH3 is 1. The van der Waals surface area contributed by atoms with Crippen molar-refractivity contribution in [2.24, 2.45) is 0 Å². The van der Waals surface area contributed by atoms with Crippen molar-refractivity contribution in [3.8, 4) is 5.75 Å². The molecule has 0 aliphatic carbocycles. The van der Waals surface area contributed by atoms with Gasteiger partial charge >= 0.3 is 0 Å². The van der Waals surface area contributed by atoms with E-state index in [0.717, 1.165) is 6.20 Å². The van der Waals surface area contributed by atoms with Gasteiger partial charge in [-0.25, -0.2) is 8.78 Å². The van der Waals surface area contributed by atoms with Gasteiger partial charge in [0.15, 0.2) is 6.29 Å². The third-order valence-electron chi connectivity index (χ3n) is 1.89. The van der Waals surface area contributed by atoms with Crippen LogP contribution >= 0.6 is 0 Å². The highest BCUT2D eigenvalue weighted by molar-refractivity contribution is 5.78. The molecule has 0 N–H and O–H groups in total. The molecule has 0 saturated heterocycles. The van der Waals surface area contributed by atoms with E-state index in [1.165, 1.54) is 14.0 Å². The Labute approximate surface area is 79.7 Å². The lowest BCUT2D eigenvalue weighted by molar-refractivity contribution is 0.112. The molecule has 1 rings (SSSR count). The fraction of sp³-hybridized carbons (Fsp3) is 0.333. The lowest BCUT2D eigenvalue weighted by atomic mass is 10.1. The Morgan fingerprint density at radius 1 is 1.57 bits per heavy atom. The van der Waals surface area contributed by atoms with E-state index in [2.05, 4.69) is 4.98 Å². The van der Waals surface area contributed by atoms with Crippen molar-refractivity contribution in [2.75, 3.05) is 7.11 Å². The van der Waals surface area contributed by atoms with Gasteiger partial charge in [0.1, 0.15) is 11.4 Å². The monoisotopic (exact) mass is 201 g/mol. The summed E-state index contributed by atoms with van der Waals surface area (Å²) in [6.07, 6.45) is -1.03. The zero-order valence-corrected chi connectivity index (χ0v) is 7.75. The van der Waals surface area contributed by atoms with Crippen LogP contribution in [0.5, 0.6) is 5.75 Å². The maximum Gasteiger partial charge on any atom is 0.284 e. The quantitative estimate of drug-likeness (QED) is 0.703. The summed E-state index contributed by atoms with van der Waals surface area (Å²) >= 11 is 0. The Bertz CT molecular complexity index is 353. The molecular formula is C9H9F2NO2. The molecule has 0 aliphatic rings. The topological polar surface area (TPSA) is 39.2 Å². The van der Waals surface area contributed by atoms with Crippen LogP contribution in [-0.2, 0) is 0 Å². The first kappa shape index (κ1) is 10.6. The number of hydrogen-bond acceptors (Lipinski definition) is 3. The average Bonchev–Trinajstić information content (AvgIpc) is 2.17. The van der Waals surface area contributed by atoms with E-state index in [4.69, 9.17) is 4.74 Å². The predicted molar refractivity (Wildman–Crippen MR) is 45.9 cm³/mol. The molecule has 5 heteroatoms. The number of nitrogens with zero attached hydrogens (tertiary/aromatic N) is 1. The molecule has 0 atom stereocenters. The van der Waals surface area contributed by atoms with Crippen molar-refractivity contribution < 1.29 is 18.3 Å². The van der Waals surface area contributed by atoms with Crippen molar-refractivity contribution >= 4 is 6.29 Å². The second-order valence-corrected chi connectivity index (χ2v) is 2.68. The maximum atomic E-state index is 12.4. The largest absolute Gasteiger partial charge is 0.494 e. The van der Waals surface area contributed by atoms with Crippen molar-refractivity contribution in [3.05, 3.63) is 23.0 Å². The van der Waals surface area contributed by atoms with Gasteiger partial charge in [0.05, 0.1) is 7.11 Å². The molecular weight excluding hydrogens is 192 g/mol. The van der Waals surface area contributed by atoms with Gasteiger partial charge in [-0.3, -0.25) is 9.78 Å². The number of carbonyl (C=O) groups excluding carboxylic acids is 1. The number of pyridine rings is 1. The summed E-state index contributed by atoms with van der Waals surface area (Å²) in [7, 11) is 1.27. The van der Waals surface area contributed by atoms with Gasteiger partial charge in [-0.2, -0.15) is 0 Å². The predicted octanol–water partition coefficient (Wildman–Crippen LogP) is 2.15. The lowest BCUT2D eigenvalue weighted by Gasteiger charge is -2.10. The summed E-state index contributed by atoms with van der Waals surface area (Å²) in [6, 6.07) is 0. The van der Waals surface area contributed by atoms with E-state index in [0.29, 0.717) is 11.8 Å². The van der Waals surface area contributed by atoms with Gasteiger partial charge in [0.2, 0.25) is 0 Å². The molecule has 1 aromatic heterocycles. The molecule has 0 spiro atoms. The first-order chi connectivity index (χ1) is 6.61. The Kier molecular flexibility index (Phi) is 3.11. The number of ether oxygens (including phenoxy) is 1. The van der Waals surface area contributed by atoms with Crippen LogP contribution in [0.4, 0.5) is 8.78 Å². The highest BCUT2D eigenvalue weighted by Crippen LogP contribution is 2.30. The first-order valence-corrected chi connectivity index (χ1v) is 3.88. The molecule has 0 bridgehead atoms. The average molecular weight is 201 g/mol. The van der Waals surface area contributed by atoms with E-state index < -0.39 is 12.1 Å². The molecule has 0 saturated carbocycles. The van der Waals surface area contributed by atoms with Crippen LogP contribution in [0.3, 0.4) is 0 Å². The first-order valence-electron chi connectivity index (χ1n) is 3.88. The molecule has 0 radical (unpaired) electrons. The van der Waals surface area contributed by atoms with Crippen molar-refractivity contribution in [2.45, 2.75) is 13.3 Å². The molecule has 0 amide bonds. The second kappa shape index (κ2) is 4.13. The van der Waals surface area contributed by atoms with Gasteiger partial charge in [-0.1, -0.05) is 0 Å². The molecule has 76 valence electrons. The van der Waals surface area contributed by atoms with Gasteiger partial charge in [0, 0.05) is 17.3 Å². The zero-order chi connectivity index (χ0) is 10.7. The smallest absolute Gasteiger partial charge is 0.284 e. The number of hydrogen-bond donors (Lipinski definition) is 0. The summed E-state index contributed by atoms with van der Waals surface area (Å²) in [6.45, 7) is 1.54. The van der Waals surface area contributed by atoms with Crippen molar-refractivity contribution in [1.29, 1.82) is 0 Å². The molecule has 0 fully saturated rings. The Morgan fingerprint density at radius 2 is 2.21 bits per heavy atom. The molecule has 0 aromatic carbocycles. The molecule has 3 nitrogen and oxygen atoms in total. The number of rotatable bonds is 3. The van der Waals surface area contributed by atoms with Crippen LogP contribution in [0, 0.1) is 6.92 Å². The van der Waals surface area contributed by atoms with Crippen molar-refractivity contribution in [3.63, 3.8) is 0 Å². The highest BCUT2D eigenvalue weighted by Gasteiger charge is 2.19. The van der Waals surface area contributed by atoms with Crippen LogP contribution in [0.25, 0.3) is 0 Å². The highest BCUT2D eigenvalue weighted by atomic mass is 19.3. The minimum Gasteiger partial charge on any atom is -0.494 e. The number of alkyl halides is 2. The van der Waals surface area contributed by atoms with E-state index in [9.17, 15) is 13.6 Å². The fourth-order valence-electron chi connectivity index (χ4n) is 1.15. The van der Waals surface area contributed by atoms with Crippen LogP contribution in [-0.4, -0.2) is 18.4 Å². The Morgan fingerprint density at radius 3 is 2.64 bits per heavy atom. The fourth-order valence-corrected chi connectivity index (χ4v) is 1.15. The Hall–Kier alpha value is -1.52. The molecule has 1 aromatic rings. The molecule has 14 heavy (non-hydrogen) atoms. The minimum atomic E-state index is -2.70. The van der Waals surface area contributed by atoms with Crippen LogP contribution in [0.2, 0.25) is 0 Å². The normalized spacial score (nSPS) is 10.4. The number of carbonyl (C=O) groups is 1. The zero-order valence-electron chi connectivity index (χ0n) is 7.75. The van der Waals surface area contributed by atoms with E-state index >= 15 is 0 Å². The van der Waals surface area contributed by atoms with Gasteiger partial charge in [-0.05, 0) is 6.92 Å². The minimum absolute atomic E-state index is 0.0235. The maximum absolute atomic E-state index is 12.4. The second-order valence-electron chi connectivity index (χ2n) is 2.68. The van der Waals surface area contributed by atoms with Gasteiger partial charge in [0.25, 0.3) is 6.43 Å². The number of aldehydes is 1. The Balaban J connectivity index is 3.35. The summed E-state index contributed by atoms with van der Waals surface area (Å²) in [4.78, 5) is 14.0. The van der Waals surface area contributed by atoms with Crippen LogP contribution in [0.15, 0.2) is 6.20 Å². The molecule has 0 aliphatic heterocycles. The van der Waals surface area contributed by atoms with Gasteiger partial charge in [-0.15, -0.1) is 0 Å². The van der Waals surface area contributed by atoms with E-state index in [-0.39, 0.29) is 11.3 Å². The number of aromatic nitrogens is 1. The van der Waals surface area contributed by atoms with Crippen LogP contribution < -0.4 is 4.74 Å². The lowest BCUT2D eigenvalue weighted by Crippen LogP contribution is -2.01. The third-order valence-corrected chi connectivity index (χ3v) is 1.89. The summed E-state index contributed by atoms with van der Waals surface area (Å²) < 4.78 is 29.6. The van der Waals surface area contributed by atoms with Crippen molar-refractivity contribution in [1.82, 2.24) is 4.98 Å². The van der Waals surface area contributed by atoms with E-state index in [1.54, 1.807) is 0 Å². The third kappa shape index (κ3) is 1.71. The molecule has 1 heterocycles. The molecule has 0 unspecified atom stereocenters. The SMILES string of the molecule is COc1c(C(F)F)ncc(C=O)c1C. The van der Waals surface area contributed by atoms with Gasteiger partial charge < -0.3 is 4.74 Å². The van der Waals surface area contributed by atoms with Crippen LogP contribution in [0.1, 0.15) is 28.0 Å². The summed E-state index contributed by atoms with van der Waals surface area (Å²) in [5.41, 5.74) is 0.203. The van der Waals surface area contributed by atoms with E-state index in [1.807, 2.05) is 0 Å². The standard InChI is InChI=1S/C9H9F2NO2/c1-5-6(4-13)3-12-7(9(10)11)8(5)14-2/h3-4,9H,1-2H3. The number of halogens is 2.